The summed E-state index contributed by atoms with van der Waals surface area (Å²) >= 11 is 3.13. The van der Waals surface area contributed by atoms with E-state index in [1.807, 2.05) is 54.1 Å². The van der Waals surface area contributed by atoms with Crippen molar-refractivity contribution in [2.75, 3.05) is 13.2 Å². The number of hydrogen-bond acceptors (Lipinski definition) is 6. The predicted octanol–water partition coefficient (Wildman–Crippen LogP) is 4.75. The molecule has 0 radical (unpaired) electrons. The molecule has 5 nitrogen and oxygen atoms in total. The summed E-state index contributed by atoms with van der Waals surface area (Å²) in [6.45, 7) is 5.24. The molecule has 0 unspecified atom stereocenters. The Morgan fingerprint density at radius 2 is 2.04 bits per heavy atom. The third-order valence-electron chi connectivity index (χ3n) is 4.50. The van der Waals surface area contributed by atoms with Crippen molar-refractivity contribution in [3.63, 3.8) is 0 Å². The summed E-state index contributed by atoms with van der Waals surface area (Å²) in [5.74, 6) is 1.50. The maximum atomic E-state index is 12.7. The van der Waals surface area contributed by atoms with Gasteiger partial charge < -0.3 is 15.0 Å². The first-order chi connectivity index (χ1) is 13.6. The molecular formula is C21H21N3O2S2. The normalized spacial score (nSPS) is 12.4. The van der Waals surface area contributed by atoms with Crippen LogP contribution in [-0.2, 0) is 0 Å². The summed E-state index contributed by atoms with van der Waals surface area (Å²) in [4.78, 5) is 22.2. The lowest BCUT2D eigenvalue weighted by atomic mass is 10.2. The molecule has 0 aliphatic rings. The molecule has 0 saturated carbocycles. The minimum Gasteiger partial charge on any atom is -0.492 e. The number of ether oxygens (including phenoxy) is 1. The van der Waals surface area contributed by atoms with Crippen molar-refractivity contribution in [3.05, 3.63) is 68.9 Å². The lowest BCUT2D eigenvalue weighted by Crippen LogP contribution is -2.27. The molecule has 2 N–H and O–H groups in total. The molecule has 3 heterocycles. The number of hydrogen-bond donors (Lipinski definition) is 2. The number of rotatable bonds is 7. The summed E-state index contributed by atoms with van der Waals surface area (Å²) in [7, 11) is 0. The maximum Gasteiger partial charge on any atom is 0.260 e. The van der Waals surface area contributed by atoms with Crippen LogP contribution in [0.2, 0.25) is 0 Å². The van der Waals surface area contributed by atoms with Crippen LogP contribution in [0.15, 0.2) is 52.0 Å². The highest BCUT2D eigenvalue weighted by Crippen LogP contribution is 2.33. The Hall–Kier alpha value is -2.48. The zero-order valence-corrected chi connectivity index (χ0v) is 17.3. The Kier molecular flexibility index (Phi) is 5.57. The molecule has 4 rings (SSSR count). The second kappa shape index (κ2) is 8.26. The summed E-state index contributed by atoms with van der Waals surface area (Å²) in [6, 6.07) is 11.9. The molecule has 0 bridgehead atoms. The van der Waals surface area contributed by atoms with E-state index in [1.54, 1.807) is 11.3 Å². The van der Waals surface area contributed by atoms with Crippen LogP contribution in [0.5, 0.6) is 5.75 Å². The van der Waals surface area contributed by atoms with Crippen LogP contribution in [-0.4, -0.2) is 23.1 Å². The smallest absolute Gasteiger partial charge is 0.260 e. The Morgan fingerprint density at radius 1 is 1.21 bits per heavy atom. The van der Waals surface area contributed by atoms with Gasteiger partial charge in [-0.05, 0) is 37.4 Å². The first kappa shape index (κ1) is 18.9. The number of aromatic amines is 1. The zero-order chi connectivity index (χ0) is 19.5. The van der Waals surface area contributed by atoms with Gasteiger partial charge >= 0.3 is 0 Å². The number of H-pyrrole nitrogens is 1. The van der Waals surface area contributed by atoms with Crippen molar-refractivity contribution >= 4 is 32.9 Å². The molecule has 0 aliphatic heterocycles. The van der Waals surface area contributed by atoms with Gasteiger partial charge in [0.1, 0.15) is 23.0 Å². The predicted molar refractivity (Wildman–Crippen MR) is 117 cm³/mol. The van der Waals surface area contributed by atoms with Gasteiger partial charge in [0.05, 0.1) is 11.4 Å². The van der Waals surface area contributed by atoms with E-state index >= 15 is 0 Å². The minimum atomic E-state index is -0.0887. The van der Waals surface area contributed by atoms with Gasteiger partial charge in [-0.1, -0.05) is 23.8 Å². The van der Waals surface area contributed by atoms with E-state index in [0.717, 1.165) is 21.0 Å². The number of thiophene rings is 2. The third-order valence-corrected chi connectivity index (χ3v) is 6.28. The summed E-state index contributed by atoms with van der Waals surface area (Å²) in [5, 5.41) is 8.05. The van der Waals surface area contributed by atoms with E-state index in [0.29, 0.717) is 24.4 Å². The Bertz CT molecular complexity index is 1110. The monoisotopic (exact) mass is 411 g/mol. The summed E-state index contributed by atoms with van der Waals surface area (Å²) < 4.78 is 5.73. The van der Waals surface area contributed by atoms with Crippen LogP contribution in [0.4, 0.5) is 0 Å². The van der Waals surface area contributed by atoms with Crippen LogP contribution in [0.1, 0.15) is 24.4 Å². The standard InChI is InChI=1S/C21H21N3O2S2/c1-13-5-7-15(8-6-13)26-10-9-22-14(2)19-23-20(25)18-16(12-28-21(18)24-19)17-4-3-11-27-17/h3-8,11-12,14,22H,9-10H2,1-2H3,(H,23,24,25)/t14-/m0/s1. The Morgan fingerprint density at radius 3 is 2.79 bits per heavy atom. The molecular weight excluding hydrogens is 390 g/mol. The van der Waals surface area contributed by atoms with Crippen LogP contribution in [0.3, 0.4) is 0 Å². The van der Waals surface area contributed by atoms with E-state index in [9.17, 15) is 4.79 Å². The first-order valence-electron chi connectivity index (χ1n) is 9.10. The highest BCUT2D eigenvalue weighted by molar-refractivity contribution is 7.18. The summed E-state index contributed by atoms with van der Waals surface area (Å²) in [5.41, 5.74) is 2.08. The molecule has 0 spiro atoms. The van der Waals surface area contributed by atoms with Gasteiger partial charge in [0.15, 0.2) is 0 Å². The number of aryl methyl sites for hydroxylation is 1. The maximum absolute atomic E-state index is 12.7. The van der Waals surface area contributed by atoms with E-state index in [-0.39, 0.29) is 11.6 Å². The second-order valence-corrected chi connectivity index (χ2v) is 8.40. The van der Waals surface area contributed by atoms with Crippen LogP contribution < -0.4 is 15.6 Å². The topological polar surface area (TPSA) is 67.0 Å². The molecule has 1 aromatic carbocycles. The fourth-order valence-electron chi connectivity index (χ4n) is 2.96. The SMILES string of the molecule is Cc1ccc(OCCN[C@@H](C)c2nc3scc(-c4cccs4)c3c(=O)[nH]2)cc1. The van der Waals surface area contributed by atoms with E-state index in [1.165, 1.54) is 16.9 Å². The van der Waals surface area contributed by atoms with Gasteiger partial charge in [0.25, 0.3) is 5.56 Å². The van der Waals surface area contributed by atoms with Crippen molar-refractivity contribution in [2.24, 2.45) is 0 Å². The molecule has 144 valence electrons. The molecule has 7 heteroatoms. The second-order valence-electron chi connectivity index (χ2n) is 6.60. The van der Waals surface area contributed by atoms with Crippen molar-refractivity contribution in [1.29, 1.82) is 0 Å². The average Bonchev–Trinajstić information content (AvgIpc) is 3.36. The quantitative estimate of drug-likeness (QED) is 0.431. The zero-order valence-electron chi connectivity index (χ0n) is 15.7. The van der Waals surface area contributed by atoms with Crippen molar-refractivity contribution in [3.8, 4) is 16.2 Å². The fourth-order valence-corrected chi connectivity index (χ4v) is 4.73. The molecule has 0 amide bonds. The number of benzene rings is 1. The van der Waals surface area contributed by atoms with Crippen molar-refractivity contribution in [1.82, 2.24) is 15.3 Å². The Balaban J connectivity index is 1.42. The molecule has 0 saturated heterocycles. The van der Waals surface area contributed by atoms with Crippen molar-refractivity contribution < 1.29 is 4.74 Å². The molecule has 28 heavy (non-hydrogen) atoms. The molecule has 0 fully saturated rings. The number of nitrogens with one attached hydrogen (secondary N) is 2. The van der Waals surface area contributed by atoms with Gasteiger partial charge in [-0.3, -0.25) is 4.79 Å². The first-order valence-corrected chi connectivity index (χ1v) is 10.9. The highest BCUT2D eigenvalue weighted by atomic mass is 32.1. The van der Waals surface area contributed by atoms with Crippen molar-refractivity contribution in [2.45, 2.75) is 19.9 Å². The summed E-state index contributed by atoms with van der Waals surface area (Å²) in [6.07, 6.45) is 0. The van der Waals surface area contributed by atoms with Gasteiger partial charge in [0, 0.05) is 22.4 Å². The van der Waals surface area contributed by atoms with Gasteiger partial charge in [-0.25, -0.2) is 4.98 Å². The number of nitrogens with zero attached hydrogens (tertiary/aromatic N) is 1. The lowest BCUT2D eigenvalue weighted by Gasteiger charge is -2.13. The van der Waals surface area contributed by atoms with Gasteiger partial charge in [-0.2, -0.15) is 0 Å². The molecule has 0 aliphatic carbocycles. The highest BCUT2D eigenvalue weighted by Gasteiger charge is 2.16. The largest absolute Gasteiger partial charge is 0.492 e. The Labute approximate surface area is 171 Å². The van der Waals surface area contributed by atoms with Crippen LogP contribution in [0.25, 0.3) is 20.7 Å². The third kappa shape index (κ3) is 4.01. The number of aromatic nitrogens is 2. The number of fused-ring (bicyclic) bond motifs is 1. The van der Waals surface area contributed by atoms with Crippen LogP contribution in [0, 0.1) is 6.92 Å². The van der Waals surface area contributed by atoms with Crippen LogP contribution >= 0.6 is 22.7 Å². The minimum absolute atomic E-state index is 0.0778. The molecule has 3 aromatic heterocycles. The van der Waals surface area contributed by atoms with E-state index in [2.05, 4.69) is 22.2 Å². The van der Waals surface area contributed by atoms with Gasteiger partial charge in [-0.15, -0.1) is 22.7 Å². The molecule has 4 aromatic rings. The fraction of sp³-hybridized carbons (Fsp3) is 0.238. The lowest BCUT2D eigenvalue weighted by molar-refractivity contribution is 0.306. The van der Waals surface area contributed by atoms with Gasteiger partial charge in [0.2, 0.25) is 0 Å². The average molecular weight is 412 g/mol. The van der Waals surface area contributed by atoms with E-state index < -0.39 is 0 Å². The molecule has 1 atom stereocenters. The van der Waals surface area contributed by atoms with E-state index in [4.69, 9.17) is 4.74 Å².